The highest BCUT2D eigenvalue weighted by molar-refractivity contribution is 7.61. The van der Waals surface area contributed by atoms with Gasteiger partial charge in [0.1, 0.15) is 0 Å². The first-order chi connectivity index (χ1) is 13.9. The predicted molar refractivity (Wildman–Crippen MR) is 118 cm³/mol. The molecule has 0 fully saturated rings. The van der Waals surface area contributed by atoms with Crippen molar-refractivity contribution in [3.8, 4) is 0 Å². The van der Waals surface area contributed by atoms with E-state index in [0.717, 1.165) is 12.8 Å². The lowest BCUT2D eigenvalue weighted by molar-refractivity contribution is 0.133. The van der Waals surface area contributed by atoms with Crippen LogP contribution in [0.2, 0.25) is 0 Å². The molecule has 0 saturated carbocycles. The average Bonchev–Trinajstić information content (AvgIpc) is 2.64. The SMILES string of the molecule is CCCCCCCCCCCCCCCCOP(=O)(O)OP(=O)(OCC)OCC. The molecule has 0 aliphatic carbocycles. The lowest BCUT2D eigenvalue weighted by Crippen LogP contribution is -2.02. The number of phosphoric acid groups is 2. The van der Waals surface area contributed by atoms with Crippen LogP contribution in [0.15, 0.2) is 0 Å². The number of phosphoric ester groups is 2. The van der Waals surface area contributed by atoms with Gasteiger partial charge in [-0.05, 0) is 20.3 Å². The zero-order chi connectivity index (χ0) is 21.8. The molecule has 0 aliphatic rings. The highest BCUT2D eigenvalue weighted by atomic mass is 31.3. The minimum absolute atomic E-state index is 0.0379. The normalized spacial score (nSPS) is 14.2. The monoisotopic (exact) mass is 458 g/mol. The molecular formula is C20H44O7P2. The van der Waals surface area contributed by atoms with Gasteiger partial charge in [0, 0.05) is 0 Å². The van der Waals surface area contributed by atoms with Gasteiger partial charge in [-0.2, -0.15) is 4.31 Å². The van der Waals surface area contributed by atoms with E-state index in [0.29, 0.717) is 6.42 Å². The molecule has 1 atom stereocenters. The van der Waals surface area contributed by atoms with Gasteiger partial charge in [0.2, 0.25) is 0 Å². The van der Waals surface area contributed by atoms with Crippen LogP contribution in [0.4, 0.5) is 0 Å². The van der Waals surface area contributed by atoms with Crippen LogP contribution >= 0.6 is 15.6 Å². The van der Waals surface area contributed by atoms with Crippen LogP contribution in [0.3, 0.4) is 0 Å². The van der Waals surface area contributed by atoms with Crippen molar-refractivity contribution >= 4 is 15.6 Å². The lowest BCUT2D eigenvalue weighted by Gasteiger charge is -2.19. The van der Waals surface area contributed by atoms with Gasteiger partial charge in [-0.3, -0.25) is 13.6 Å². The van der Waals surface area contributed by atoms with Gasteiger partial charge in [0.05, 0.1) is 19.8 Å². The van der Waals surface area contributed by atoms with E-state index in [1.807, 2.05) is 0 Å². The van der Waals surface area contributed by atoms with Gasteiger partial charge in [0.25, 0.3) is 0 Å². The van der Waals surface area contributed by atoms with E-state index in [-0.39, 0.29) is 19.8 Å². The summed E-state index contributed by atoms with van der Waals surface area (Å²) in [7, 11) is -8.54. The van der Waals surface area contributed by atoms with Crippen LogP contribution in [0, 0.1) is 0 Å². The third-order valence-corrected chi connectivity index (χ3v) is 7.81. The highest BCUT2D eigenvalue weighted by Gasteiger charge is 2.37. The topological polar surface area (TPSA) is 91.3 Å². The van der Waals surface area contributed by atoms with Gasteiger partial charge in [-0.1, -0.05) is 90.4 Å². The van der Waals surface area contributed by atoms with Gasteiger partial charge in [-0.15, -0.1) is 0 Å². The second-order valence-corrected chi connectivity index (χ2v) is 10.5. The first-order valence-corrected chi connectivity index (χ1v) is 14.4. The number of rotatable bonds is 22. The predicted octanol–water partition coefficient (Wildman–Crippen LogP) is 7.78. The quantitative estimate of drug-likeness (QED) is 0.131. The Kier molecular flexibility index (Phi) is 19.2. The van der Waals surface area contributed by atoms with E-state index in [2.05, 4.69) is 11.2 Å². The third kappa shape index (κ3) is 18.7. The zero-order valence-corrected chi connectivity index (χ0v) is 20.6. The molecule has 0 aromatic carbocycles. The van der Waals surface area contributed by atoms with Crippen molar-refractivity contribution in [1.29, 1.82) is 0 Å². The zero-order valence-electron chi connectivity index (χ0n) is 18.8. The molecule has 1 N–H and O–H groups in total. The first kappa shape index (κ1) is 29.3. The van der Waals surface area contributed by atoms with E-state index in [1.54, 1.807) is 13.8 Å². The van der Waals surface area contributed by atoms with Crippen LogP contribution in [0.25, 0.3) is 0 Å². The van der Waals surface area contributed by atoms with Crippen molar-refractivity contribution in [1.82, 2.24) is 0 Å². The molecule has 0 heterocycles. The maximum atomic E-state index is 12.1. The second-order valence-electron chi connectivity index (χ2n) is 7.26. The van der Waals surface area contributed by atoms with Gasteiger partial charge < -0.3 is 4.89 Å². The summed E-state index contributed by atoms with van der Waals surface area (Å²) in [6.45, 7) is 5.58. The summed E-state index contributed by atoms with van der Waals surface area (Å²) in [5.74, 6) is 0. The molecule has 176 valence electrons. The summed E-state index contributed by atoms with van der Waals surface area (Å²) in [6, 6.07) is 0. The van der Waals surface area contributed by atoms with Crippen LogP contribution in [-0.2, 0) is 27.0 Å². The highest BCUT2D eigenvalue weighted by Crippen LogP contribution is 2.63. The van der Waals surface area contributed by atoms with Crippen molar-refractivity contribution in [3.63, 3.8) is 0 Å². The maximum Gasteiger partial charge on any atom is 0.483 e. The molecule has 0 bridgehead atoms. The van der Waals surface area contributed by atoms with E-state index < -0.39 is 15.6 Å². The molecule has 0 saturated heterocycles. The molecular weight excluding hydrogens is 414 g/mol. The Bertz CT molecular complexity index is 450. The fraction of sp³-hybridized carbons (Fsp3) is 1.00. The Hall–Kier alpha value is 0.260. The largest absolute Gasteiger partial charge is 0.483 e. The fourth-order valence-electron chi connectivity index (χ4n) is 3.03. The summed E-state index contributed by atoms with van der Waals surface area (Å²) in [6.07, 6.45) is 17.2. The molecule has 0 rings (SSSR count). The Labute approximate surface area is 178 Å². The summed E-state index contributed by atoms with van der Waals surface area (Å²) in [4.78, 5) is 9.69. The fourth-order valence-corrected chi connectivity index (χ4v) is 5.67. The smallest absolute Gasteiger partial charge is 0.302 e. The minimum Gasteiger partial charge on any atom is -0.302 e. The average molecular weight is 459 g/mol. The number of hydrogen-bond acceptors (Lipinski definition) is 6. The maximum absolute atomic E-state index is 12.1. The Morgan fingerprint density at radius 3 is 1.34 bits per heavy atom. The molecule has 0 aromatic rings. The third-order valence-electron chi connectivity index (χ3n) is 4.53. The molecule has 0 spiro atoms. The first-order valence-electron chi connectivity index (χ1n) is 11.5. The molecule has 0 aromatic heterocycles. The summed E-state index contributed by atoms with van der Waals surface area (Å²) < 4.78 is 43.2. The van der Waals surface area contributed by atoms with Crippen molar-refractivity contribution in [2.45, 2.75) is 111 Å². The summed E-state index contributed by atoms with van der Waals surface area (Å²) >= 11 is 0. The molecule has 0 amide bonds. The van der Waals surface area contributed by atoms with Crippen molar-refractivity contribution < 1.29 is 31.9 Å². The summed E-state index contributed by atoms with van der Waals surface area (Å²) in [5, 5.41) is 0. The molecule has 0 aliphatic heterocycles. The van der Waals surface area contributed by atoms with E-state index in [4.69, 9.17) is 13.6 Å². The van der Waals surface area contributed by atoms with E-state index in [1.165, 1.54) is 70.6 Å². The molecule has 29 heavy (non-hydrogen) atoms. The molecule has 9 heteroatoms. The number of hydrogen-bond donors (Lipinski definition) is 1. The Balaban J connectivity index is 3.59. The standard InChI is InChI=1S/C20H44O7P2/c1-4-7-8-9-10-11-12-13-14-15-16-17-18-19-20-26-28(21,22)27-29(23,24-5-2)25-6-3/h4-20H2,1-3H3,(H,21,22). The van der Waals surface area contributed by atoms with Crippen LogP contribution < -0.4 is 0 Å². The Morgan fingerprint density at radius 1 is 0.586 bits per heavy atom. The van der Waals surface area contributed by atoms with Gasteiger partial charge in [0.15, 0.2) is 0 Å². The van der Waals surface area contributed by atoms with Crippen molar-refractivity contribution in [2.75, 3.05) is 19.8 Å². The van der Waals surface area contributed by atoms with Gasteiger partial charge >= 0.3 is 15.6 Å². The van der Waals surface area contributed by atoms with Gasteiger partial charge in [-0.25, -0.2) is 9.13 Å². The van der Waals surface area contributed by atoms with Crippen molar-refractivity contribution in [2.24, 2.45) is 0 Å². The van der Waals surface area contributed by atoms with E-state index in [9.17, 15) is 14.0 Å². The minimum atomic E-state index is -4.47. The Morgan fingerprint density at radius 2 is 0.966 bits per heavy atom. The van der Waals surface area contributed by atoms with E-state index >= 15 is 0 Å². The second kappa shape index (κ2) is 19.0. The summed E-state index contributed by atoms with van der Waals surface area (Å²) in [5.41, 5.74) is 0. The number of unbranched alkanes of at least 4 members (excludes halogenated alkanes) is 13. The molecule has 0 radical (unpaired) electrons. The van der Waals surface area contributed by atoms with Crippen molar-refractivity contribution in [3.05, 3.63) is 0 Å². The molecule has 1 unspecified atom stereocenters. The van der Waals surface area contributed by atoms with Crippen LogP contribution in [0.5, 0.6) is 0 Å². The van der Waals surface area contributed by atoms with Crippen LogP contribution in [-0.4, -0.2) is 24.7 Å². The molecule has 7 nitrogen and oxygen atoms in total. The lowest BCUT2D eigenvalue weighted by atomic mass is 10.0. The van der Waals surface area contributed by atoms with Crippen LogP contribution in [0.1, 0.15) is 111 Å².